The summed E-state index contributed by atoms with van der Waals surface area (Å²) in [5.74, 6) is 4.59. The minimum absolute atomic E-state index is 0.117. The SMILES string of the molecule is CC(N)OCCOCC(=O)NCC#Cc1cn(C2CC(O)C(OP(=O)(O)O)O2)c(=O)[nH]c1=O. The molecule has 184 valence electrons. The third-order valence-electron chi connectivity index (χ3n) is 4.01. The predicted octanol–water partition coefficient (Wildman–Crippen LogP) is -2.94. The zero-order chi connectivity index (χ0) is 24.6. The minimum atomic E-state index is -4.95. The normalized spacial score (nSPS) is 21.3. The number of hydrogen-bond donors (Lipinski definition) is 6. The van der Waals surface area contributed by atoms with Gasteiger partial charge in [0.15, 0.2) is 6.29 Å². The number of carbonyl (C=O) groups excluding carboxylic acids is 1. The largest absolute Gasteiger partial charge is 0.472 e. The van der Waals surface area contributed by atoms with Crippen molar-refractivity contribution >= 4 is 13.7 Å². The highest BCUT2D eigenvalue weighted by Crippen LogP contribution is 2.42. The quantitative estimate of drug-likeness (QED) is 0.0835. The Labute approximate surface area is 187 Å². The van der Waals surface area contributed by atoms with Crippen LogP contribution < -0.4 is 22.3 Å². The maximum Gasteiger partial charge on any atom is 0.472 e. The third kappa shape index (κ3) is 9.18. The number of aromatic nitrogens is 2. The van der Waals surface area contributed by atoms with Crippen LogP contribution in [0.5, 0.6) is 0 Å². The average Bonchev–Trinajstić information content (AvgIpc) is 3.04. The van der Waals surface area contributed by atoms with Gasteiger partial charge < -0.3 is 40.2 Å². The topological polar surface area (TPSA) is 225 Å². The van der Waals surface area contributed by atoms with Gasteiger partial charge in [-0.3, -0.25) is 23.7 Å². The van der Waals surface area contributed by atoms with E-state index in [2.05, 4.69) is 21.7 Å². The summed E-state index contributed by atoms with van der Waals surface area (Å²) in [6.07, 6.45) is -3.89. The summed E-state index contributed by atoms with van der Waals surface area (Å²) < 4.78 is 31.5. The molecule has 1 amide bonds. The van der Waals surface area contributed by atoms with Crippen molar-refractivity contribution in [2.45, 2.75) is 38.2 Å². The van der Waals surface area contributed by atoms with E-state index >= 15 is 0 Å². The summed E-state index contributed by atoms with van der Waals surface area (Å²) in [6.45, 7) is 1.72. The summed E-state index contributed by atoms with van der Waals surface area (Å²) in [4.78, 5) is 55.5. The Bertz CT molecular complexity index is 1040. The number of nitrogens with two attached hydrogens (primary N) is 1. The van der Waals surface area contributed by atoms with E-state index in [9.17, 15) is 24.1 Å². The molecular weight excluding hydrogens is 467 g/mol. The molecule has 1 saturated heterocycles. The number of phosphoric ester groups is 1. The number of ether oxygens (including phenoxy) is 3. The first kappa shape index (κ1) is 26.9. The Morgan fingerprint density at radius 3 is 2.85 bits per heavy atom. The summed E-state index contributed by atoms with van der Waals surface area (Å²) in [5, 5.41) is 12.3. The van der Waals surface area contributed by atoms with Gasteiger partial charge in [0.25, 0.3) is 5.56 Å². The molecule has 0 saturated carbocycles. The molecule has 0 aromatic carbocycles. The molecule has 2 heterocycles. The van der Waals surface area contributed by atoms with Gasteiger partial charge in [-0.15, -0.1) is 0 Å². The first-order valence-corrected chi connectivity index (χ1v) is 11.1. The maximum absolute atomic E-state index is 12.1. The Morgan fingerprint density at radius 2 is 2.18 bits per heavy atom. The van der Waals surface area contributed by atoms with Gasteiger partial charge in [-0.25, -0.2) is 9.36 Å². The van der Waals surface area contributed by atoms with Crippen LogP contribution in [0.4, 0.5) is 0 Å². The standard InChI is InChI=1S/C17H25N4O11P/c1-10(18)30-6-5-29-9-13(23)19-4-2-3-11-8-21(17(25)20-15(11)24)14-7-12(22)16(31-14)32-33(26,27)28/h8,10,12,14,16,22H,4-7,9,18H2,1H3,(H,19,23)(H,20,24,25)(H2,26,27,28). The third-order valence-corrected chi connectivity index (χ3v) is 4.49. The Morgan fingerprint density at radius 1 is 1.45 bits per heavy atom. The van der Waals surface area contributed by atoms with Gasteiger partial charge in [0.05, 0.1) is 19.8 Å². The van der Waals surface area contributed by atoms with E-state index in [-0.39, 0.29) is 38.3 Å². The lowest BCUT2D eigenvalue weighted by molar-refractivity contribution is -0.135. The number of rotatable bonds is 10. The molecule has 1 aromatic rings. The number of carbonyl (C=O) groups is 1. The molecule has 1 aliphatic rings. The van der Waals surface area contributed by atoms with Crippen molar-refractivity contribution < 1.29 is 43.0 Å². The first-order chi connectivity index (χ1) is 15.5. The fourth-order valence-electron chi connectivity index (χ4n) is 2.61. The number of phosphoric acid groups is 1. The van der Waals surface area contributed by atoms with Crippen LogP contribution in [0.2, 0.25) is 0 Å². The molecule has 1 aliphatic heterocycles. The zero-order valence-electron chi connectivity index (χ0n) is 17.5. The van der Waals surface area contributed by atoms with Crippen LogP contribution in [0.1, 0.15) is 25.1 Å². The molecule has 0 aliphatic carbocycles. The van der Waals surface area contributed by atoms with Gasteiger partial charge >= 0.3 is 13.5 Å². The Kier molecular flexibility index (Phi) is 9.92. The van der Waals surface area contributed by atoms with Crippen LogP contribution in [0.25, 0.3) is 0 Å². The molecule has 1 fully saturated rings. The molecular formula is C17H25N4O11P. The number of aliphatic hydroxyl groups excluding tert-OH is 1. The second-order valence-corrected chi connectivity index (χ2v) is 7.97. The minimum Gasteiger partial charge on any atom is -0.388 e. The van der Waals surface area contributed by atoms with E-state index in [1.807, 2.05) is 4.98 Å². The smallest absolute Gasteiger partial charge is 0.388 e. The van der Waals surface area contributed by atoms with Crippen LogP contribution in [-0.4, -0.2) is 75.3 Å². The van der Waals surface area contributed by atoms with Crippen LogP contribution in [0, 0.1) is 11.8 Å². The summed E-state index contributed by atoms with van der Waals surface area (Å²) in [5.41, 5.74) is 3.56. The number of hydrogen-bond acceptors (Lipinski definition) is 10. The number of aromatic amines is 1. The first-order valence-electron chi connectivity index (χ1n) is 9.59. The molecule has 0 bridgehead atoms. The fourth-order valence-corrected chi connectivity index (χ4v) is 3.07. The highest BCUT2D eigenvalue weighted by atomic mass is 31.2. The molecule has 1 aromatic heterocycles. The van der Waals surface area contributed by atoms with Gasteiger partial charge in [-0.2, -0.15) is 0 Å². The number of nitrogens with one attached hydrogen (secondary N) is 2. The van der Waals surface area contributed by atoms with Crippen molar-refractivity contribution in [1.29, 1.82) is 0 Å². The highest BCUT2D eigenvalue weighted by Gasteiger charge is 2.40. The summed E-state index contributed by atoms with van der Waals surface area (Å²) in [7, 11) is -4.95. The molecule has 0 spiro atoms. The molecule has 33 heavy (non-hydrogen) atoms. The summed E-state index contributed by atoms with van der Waals surface area (Å²) in [6, 6.07) is 0. The van der Waals surface area contributed by atoms with E-state index in [4.69, 9.17) is 29.7 Å². The number of nitrogens with zero attached hydrogens (tertiary/aromatic N) is 1. The average molecular weight is 492 g/mol. The van der Waals surface area contributed by atoms with Crippen molar-refractivity contribution in [2.24, 2.45) is 5.73 Å². The molecule has 2 rings (SSSR count). The van der Waals surface area contributed by atoms with E-state index in [1.54, 1.807) is 6.92 Å². The lowest BCUT2D eigenvalue weighted by Crippen LogP contribution is -2.33. The van der Waals surface area contributed by atoms with E-state index in [0.717, 1.165) is 10.8 Å². The van der Waals surface area contributed by atoms with Gasteiger partial charge in [-0.1, -0.05) is 11.8 Å². The lowest BCUT2D eigenvalue weighted by Gasteiger charge is -2.16. The molecule has 4 unspecified atom stereocenters. The van der Waals surface area contributed by atoms with Crippen molar-refractivity contribution in [3.8, 4) is 11.8 Å². The van der Waals surface area contributed by atoms with Gasteiger partial charge in [0.1, 0.15) is 30.7 Å². The summed E-state index contributed by atoms with van der Waals surface area (Å²) >= 11 is 0. The van der Waals surface area contributed by atoms with Crippen molar-refractivity contribution in [2.75, 3.05) is 26.4 Å². The fraction of sp³-hybridized carbons (Fsp3) is 0.588. The molecule has 0 radical (unpaired) electrons. The van der Waals surface area contributed by atoms with Crippen molar-refractivity contribution in [1.82, 2.24) is 14.9 Å². The lowest BCUT2D eigenvalue weighted by atomic mass is 10.2. The number of aliphatic hydroxyl groups is 1. The second kappa shape index (κ2) is 12.2. The van der Waals surface area contributed by atoms with Crippen LogP contribution in [0.15, 0.2) is 15.8 Å². The van der Waals surface area contributed by atoms with Gasteiger partial charge in [0.2, 0.25) is 5.91 Å². The molecule has 4 atom stereocenters. The molecule has 7 N–H and O–H groups in total. The monoisotopic (exact) mass is 492 g/mol. The highest BCUT2D eigenvalue weighted by molar-refractivity contribution is 7.46. The Balaban J connectivity index is 1.94. The molecule has 16 heteroatoms. The number of H-pyrrole nitrogens is 1. The van der Waals surface area contributed by atoms with E-state index in [1.165, 1.54) is 0 Å². The van der Waals surface area contributed by atoms with E-state index in [0.29, 0.717) is 0 Å². The van der Waals surface area contributed by atoms with Gasteiger partial charge in [-0.05, 0) is 6.92 Å². The van der Waals surface area contributed by atoms with Crippen LogP contribution >= 0.6 is 7.82 Å². The second-order valence-electron chi connectivity index (χ2n) is 6.77. The van der Waals surface area contributed by atoms with Crippen LogP contribution in [0.3, 0.4) is 0 Å². The molecule has 15 nitrogen and oxygen atoms in total. The predicted molar refractivity (Wildman–Crippen MR) is 109 cm³/mol. The van der Waals surface area contributed by atoms with Crippen LogP contribution in [-0.2, 0) is 28.1 Å². The maximum atomic E-state index is 12.1. The zero-order valence-corrected chi connectivity index (χ0v) is 18.4. The van der Waals surface area contributed by atoms with Crippen molar-refractivity contribution in [3.05, 3.63) is 32.6 Å². The van der Waals surface area contributed by atoms with E-state index < -0.39 is 49.8 Å². The number of amides is 1. The van der Waals surface area contributed by atoms with Gasteiger partial charge in [0, 0.05) is 12.6 Å². The van der Waals surface area contributed by atoms with Crippen molar-refractivity contribution in [3.63, 3.8) is 0 Å². The Hall–Kier alpha value is -2.38.